The van der Waals surface area contributed by atoms with E-state index < -0.39 is 23.4 Å². The van der Waals surface area contributed by atoms with Crippen LogP contribution >= 0.6 is 0 Å². The lowest BCUT2D eigenvalue weighted by Gasteiger charge is -2.25. The number of allylic oxidation sites excluding steroid dienone is 1. The predicted molar refractivity (Wildman–Crippen MR) is 73.4 cm³/mol. The number of primary amides is 1. The summed E-state index contributed by atoms with van der Waals surface area (Å²) in [6.45, 7) is 2.28. The molecule has 1 heterocycles. The van der Waals surface area contributed by atoms with Crippen molar-refractivity contribution in [3.63, 3.8) is 0 Å². The minimum Gasteiger partial charge on any atom is -0.394 e. The molecule has 5 nitrogen and oxygen atoms in total. The van der Waals surface area contributed by atoms with Gasteiger partial charge in [-0.3, -0.25) is 4.79 Å². The highest BCUT2D eigenvalue weighted by Gasteiger charge is 2.35. The first-order chi connectivity index (χ1) is 9.66. The van der Waals surface area contributed by atoms with Crippen LogP contribution in [0.15, 0.2) is 22.7 Å². The number of nitrogens with zero attached hydrogens (tertiary/aromatic N) is 1. The molecule has 1 aliphatic rings. The van der Waals surface area contributed by atoms with Crippen molar-refractivity contribution >= 4 is 5.91 Å². The molecule has 6 N–H and O–H groups in total. The Labute approximate surface area is 121 Å². The van der Waals surface area contributed by atoms with Crippen LogP contribution in [-0.4, -0.2) is 30.1 Å². The van der Waals surface area contributed by atoms with E-state index in [4.69, 9.17) is 17.2 Å². The smallest absolute Gasteiger partial charge is 0.394 e. The normalized spacial score (nSPS) is 19.5. The molecule has 0 aromatic rings. The number of carbonyl (C=O) groups excluding carboxylic acids is 1. The second-order valence-electron chi connectivity index (χ2n) is 5.06. The molecule has 0 unspecified atom stereocenters. The van der Waals surface area contributed by atoms with E-state index in [1.165, 1.54) is 0 Å². The lowest BCUT2D eigenvalue weighted by Crippen LogP contribution is -2.34. The van der Waals surface area contributed by atoms with Gasteiger partial charge in [-0.2, -0.15) is 13.2 Å². The Kier molecular flexibility index (Phi) is 5.51. The van der Waals surface area contributed by atoms with Gasteiger partial charge in [0.15, 0.2) is 0 Å². The lowest BCUT2D eigenvalue weighted by molar-refractivity contribution is -0.114. The first kappa shape index (κ1) is 17.2. The molecule has 0 atom stereocenters. The number of amides is 1. The van der Waals surface area contributed by atoms with Gasteiger partial charge in [-0.05, 0) is 25.3 Å². The molecule has 1 saturated heterocycles. The number of carbonyl (C=O) groups is 1. The van der Waals surface area contributed by atoms with Gasteiger partial charge in [0.2, 0.25) is 0 Å². The van der Waals surface area contributed by atoms with E-state index in [0.29, 0.717) is 13.1 Å². The largest absolute Gasteiger partial charge is 0.430 e. The van der Waals surface area contributed by atoms with Crippen LogP contribution in [0.1, 0.15) is 32.6 Å². The zero-order chi connectivity index (χ0) is 16.2. The Morgan fingerprint density at radius 2 is 1.48 bits per heavy atom. The van der Waals surface area contributed by atoms with Crippen molar-refractivity contribution < 1.29 is 18.0 Å². The second kappa shape index (κ2) is 6.73. The standard InChI is InChI=1S/C13H21F3N4O/c1-8(10(17)13(14,15)16)9(12(19)21)11(18)20-6-4-2-3-5-7-20/h2-7,17-18H2,1H3,(H2,19,21)/b10-8-,11-9-. The number of hydrogen-bond acceptors (Lipinski definition) is 4. The average molecular weight is 306 g/mol. The number of alkyl halides is 3. The molecule has 0 bridgehead atoms. The summed E-state index contributed by atoms with van der Waals surface area (Å²) in [6.07, 6.45) is -0.956. The fraction of sp³-hybridized carbons (Fsp3) is 0.615. The van der Waals surface area contributed by atoms with E-state index in [9.17, 15) is 18.0 Å². The lowest BCUT2D eigenvalue weighted by atomic mass is 10.0. The third-order valence-electron chi connectivity index (χ3n) is 3.53. The van der Waals surface area contributed by atoms with Crippen LogP contribution in [0.5, 0.6) is 0 Å². The first-order valence-corrected chi connectivity index (χ1v) is 6.74. The van der Waals surface area contributed by atoms with E-state index in [1.54, 1.807) is 4.90 Å². The Bertz CT molecular complexity index is 461. The number of nitrogens with two attached hydrogens (primary N) is 3. The Morgan fingerprint density at radius 3 is 1.86 bits per heavy atom. The molecule has 1 aliphatic heterocycles. The Hall–Kier alpha value is -1.86. The zero-order valence-electron chi connectivity index (χ0n) is 12.0. The van der Waals surface area contributed by atoms with Crippen LogP contribution in [0, 0.1) is 0 Å². The summed E-state index contributed by atoms with van der Waals surface area (Å²) in [7, 11) is 0. The van der Waals surface area contributed by atoms with Crippen molar-refractivity contribution in [1.29, 1.82) is 0 Å². The maximum Gasteiger partial charge on any atom is 0.430 e. The number of hydrogen-bond donors (Lipinski definition) is 3. The molecule has 21 heavy (non-hydrogen) atoms. The maximum atomic E-state index is 12.7. The molecule has 0 radical (unpaired) electrons. The van der Waals surface area contributed by atoms with Gasteiger partial charge in [0.1, 0.15) is 11.5 Å². The van der Waals surface area contributed by atoms with Gasteiger partial charge in [0.05, 0.1) is 5.57 Å². The highest BCUT2D eigenvalue weighted by Crippen LogP contribution is 2.28. The summed E-state index contributed by atoms with van der Waals surface area (Å²) in [5.41, 5.74) is 14.0. The van der Waals surface area contributed by atoms with Crippen LogP contribution in [0.3, 0.4) is 0 Å². The Balaban J connectivity index is 3.27. The molecule has 0 saturated carbocycles. The summed E-state index contributed by atoms with van der Waals surface area (Å²) in [5, 5.41) is 0. The van der Waals surface area contributed by atoms with Gasteiger partial charge in [-0.15, -0.1) is 0 Å². The van der Waals surface area contributed by atoms with Crippen LogP contribution in [0.25, 0.3) is 0 Å². The summed E-state index contributed by atoms with van der Waals surface area (Å²) in [6, 6.07) is 0. The number of halogens is 3. The quantitative estimate of drug-likeness (QED) is 0.541. The van der Waals surface area contributed by atoms with Crippen LogP contribution in [0.2, 0.25) is 0 Å². The molecule has 1 fully saturated rings. The van der Waals surface area contributed by atoms with Gasteiger partial charge in [-0.1, -0.05) is 12.8 Å². The molecular weight excluding hydrogens is 285 g/mol. The number of likely N-dealkylation sites (tertiary alicyclic amines) is 1. The summed E-state index contributed by atoms with van der Waals surface area (Å²) in [4.78, 5) is 13.2. The molecule has 0 aliphatic carbocycles. The van der Waals surface area contributed by atoms with Gasteiger partial charge >= 0.3 is 6.18 Å². The van der Waals surface area contributed by atoms with Crippen LogP contribution in [0.4, 0.5) is 13.2 Å². The fourth-order valence-electron chi connectivity index (χ4n) is 2.32. The molecule has 0 spiro atoms. The van der Waals surface area contributed by atoms with E-state index in [2.05, 4.69) is 0 Å². The minimum atomic E-state index is -4.73. The van der Waals surface area contributed by atoms with E-state index >= 15 is 0 Å². The maximum absolute atomic E-state index is 12.7. The minimum absolute atomic E-state index is 0.0332. The van der Waals surface area contributed by atoms with Crippen molar-refractivity contribution in [3.8, 4) is 0 Å². The van der Waals surface area contributed by atoms with Gasteiger partial charge in [0.25, 0.3) is 5.91 Å². The topological polar surface area (TPSA) is 98.4 Å². The number of rotatable bonds is 3. The molecule has 0 aromatic heterocycles. The average Bonchev–Trinajstić information content (AvgIpc) is 2.64. The highest BCUT2D eigenvalue weighted by molar-refractivity contribution is 5.97. The van der Waals surface area contributed by atoms with Gasteiger partial charge in [-0.25, -0.2) is 0 Å². The molecule has 1 amide bonds. The first-order valence-electron chi connectivity index (χ1n) is 6.74. The molecule has 1 rings (SSSR count). The van der Waals surface area contributed by atoms with E-state index in [1.807, 2.05) is 0 Å². The van der Waals surface area contributed by atoms with Crippen LogP contribution < -0.4 is 17.2 Å². The van der Waals surface area contributed by atoms with Crippen molar-refractivity contribution in [2.24, 2.45) is 17.2 Å². The monoisotopic (exact) mass is 306 g/mol. The van der Waals surface area contributed by atoms with Crippen molar-refractivity contribution in [2.45, 2.75) is 38.8 Å². The molecule has 8 heteroatoms. The van der Waals surface area contributed by atoms with Gasteiger partial charge in [0, 0.05) is 13.1 Å². The summed E-state index contributed by atoms with van der Waals surface area (Å²) in [5.74, 6) is -1.05. The van der Waals surface area contributed by atoms with Crippen molar-refractivity contribution in [1.82, 2.24) is 4.90 Å². The molecule has 0 aromatic carbocycles. The second-order valence-corrected chi connectivity index (χ2v) is 5.06. The summed E-state index contributed by atoms with van der Waals surface area (Å²) >= 11 is 0. The van der Waals surface area contributed by atoms with Crippen LogP contribution in [-0.2, 0) is 4.79 Å². The van der Waals surface area contributed by atoms with E-state index in [0.717, 1.165) is 32.6 Å². The predicted octanol–water partition coefficient (Wildman–Crippen LogP) is 1.31. The third-order valence-corrected chi connectivity index (χ3v) is 3.53. The van der Waals surface area contributed by atoms with Gasteiger partial charge < -0.3 is 22.1 Å². The highest BCUT2D eigenvalue weighted by atomic mass is 19.4. The zero-order valence-corrected chi connectivity index (χ0v) is 12.0. The fourth-order valence-corrected chi connectivity index (χ4v) is 2.32. The van der Waals surface area contributed by atoms with Crippen molar-refractivity contribution in [2.75, 3.05) is 13.1 Å². The SMILES string of the molecule is CC(/C(C(N)=O)=C(\N)N1CCCCCC1)=C(/N)C(F)(F)F. The molecular formula is C13H21F3N4O. The Morgan fingerprint density at radius 1 is 1.00 bits per heavy atom. The van der Waals surface area contributed by atoms with E-state index in [-0.39, 0.29) is 11.4 Å². The van der Waals surface area contributed by atoms with Crippen molar-refractivity contribution in [3.05, 3.63) is 22.7 Å². The molecule has 120 valence electrons. The summed E-state index contributed by atoms with van der Waals surface area (Å²) < 4.78 is 38.0. The third kappa shape index (κ3) is 4.30.